The van der Waals surface area contributed by atoms with E-state index in [4.69, 9.17) is 0 Å². The highest BCUT2D eigenvalue weighted by molar-refractivity contribution is 7.99. The second-order valence-electron chi connectivity index (χ2n) is 7.79. The Bertz CT molecular complexity index is 938. The van der Waals surface area contributed by atoms with E-state index in [1.165, 1.54) is 22.7 Å². The summed E-state index contributed by atoms with van der Waals surface area (Å²) in [5, 5.41) is 1.77. The van der Waals surface area contributed by atoms with Crippen LogP contribution in [-0.2, 0) is 15.4 Å². The van der Waals surface area contributed by atoms with E-state index >= 15 is 0 Å². The van der Waals surface area contributed by atoms with Gasteiger partial charge in [-0.1, -0.05) is 32.9 Å². The first-order chi connectivity index (χ1) is 13.1. The summed E-state index contributed by atoms with van der Waals surface area (Å²) in [6, 6.07) is 8.69. The Balaban J connectivity index is 1.88. The van der Waals surface area contributed by atoms with Gasteiger partial charge < -0.3 is 4.90 Å². The van der Waals surface area contributed by atoms with Crippen molar-refractivity contribution in [3.8, 4) is 0 Å². The normalized spacial score (nSPS) is 15.5. The highest BCUT2D eigenvalue weighted by Crippen LogP contribution is 2.32. The van der Waals surface area contributed by atoms with Crippen molar-refractivity contribution < 1.29 is 13.2 Å². The Hall–Kier alpha value is -1.51. The summed E-state index contributed by atoms with van der Waals surface area (Å²) in [6.45, 7) is 7.66. The van der Waals surface area contributed by atoms with Gasteiger partial charge in [-0.05, 0) is 34.6 Å². The summed E-state index contributed by atoms with van der Waals surface area (Å²) < 4.78 is 27.5. The quantitative estimate of drug-likeness (QED) is 0.722. The maximum atomic E-state index is 13.1. The molecule has 0 radical (unpaired) electrons. The molecule has 3 rings (SSSR count). The highest BCUT2D eigenvalue weighted by Gasteiger charge is 2.29. The molecule has 0 bridgehead atoms. The van der Waals surface area contributed by atoms with E-state index in [0.717, 1.165) is 17.1 Å². The standard InChI is InChI=1S/C20H26N2O3S3/c1-20(2,3)15-5-7-16(8-6-15)28(24,25)21(4)17-9-12-27-18(17)19(23)22-10-13-26-14-11-22/h5-9,12H,10-11,13-14H2,1-4H3. The predicted octanol–water partition coefficient (Wildman–Crippen LogP) is 4.06. The second kappa shape index (κ2) is 8.08. The molecular formula is C20H26N2O3S3. The van der Waals surface area contributed by atoms with Gasteiger partial charge in [0, 0.05) is 31.6 Å². The number of hydrogen-bond donors (Lipinski definition) is 0. The molecule has 152 valence electrons. The lowest BCUT2D eigenvalue weighted by molar-refractivity contribution is 0.0778. The number of amides is 1. The molecule has 0 aliphatic carbocycles. The first kappa shape index (κ1) is 21.2. The lowest BCUT2D eigenvalue weighted by Crippen LogP contribution is -2.38. The SMILES string of the molecule is CN(c1ccsc1C(=O)N1CCSCC1)S(=O)(=O)c1ccc(C(C)(C)C)cc1. The van der Waals surface area contributed by atoms with E-state index in [2.05, 4.69) is 20.8 Å². The number of thioether (sulfide) groups is 1. The molecule has 0 saturated carbocycles. The monoisotopic (exact) mass is 438 g/mol. The number of rotatable bonds is 4. The molecule has 2 aromatic rings. The van der Waals surface area contributed by atoms with Crippen LogP contribution in [0.4, 0.5) is 5.69 Å². The zero-order chi connectivity index (χ0) is 20.5. The molecule has 5 nitrogen and oxygen atoms in total. The predicted molar refractivity (Wildman–Crippen MR) is 118 cm³/mol. The third-order valence-electron chi connectivity index (χ3n) is 4.85. The Labute approximate surface area is 175 Å². The molecular weight excluding hydrogens is 412 g/mol. The number of anilines is 1. The molecule has 28 heavy (non-hydrogen) atoms. The lowest BCUT2D eigenvalue weighted by Gasteiger charge is -2.27. The van der Waals surface area contributed by atoms with Crippen LogP contribution in [0.25, 0.3) is 0 Å². The van der Waals surface area contributed by atoms with E-state index in [0.29, 0.717) is 23.7 Å². The van der Waals surface area contributed by atoms with Crippen molar-refractivity contribution >= 4 is 44.7 Å². The Morgan fingerprint density at radius 3 is 2.25 bits per heavy atom. The number of thiophene rings is 1. The fraction of sp³-hybridized carbons (Fsp3) is 0.450. The van der Waals surface area contributed by atoms with Crippen molar-refractivity contribution in [1.82, 2.24) is 4.90 Å². The number of nitrogens with zero attached hydrogens (tertiary/aromatic N) is 2. The molecule has 0 spiro atoms. The molecule has 1 aromatic carbocycles. The van der Waals surface area contributed by atoms with Crippen LogP contribution >= 0.6 is 23.1 Å². The number of sulfonamides is 1. The van der Waals surface area contributed by atoms with Gasteiger partial charge in [0.1, 0.15) is 4.88 Å². The number of hydrogen-bond acceptors (Lipinski definition) is 5. The summed E-state index contributed by atoms with van der Waals surface area (Å²) in [5.41, 5.74) is 1.46. The van der Waals surface area contributed by atoms with Crippen LogP contribution in [0.2, 0.25) is 0 Å². The van der Waals surface area contributed by atoms with Crippen molar-refractivity contribution in [1.29, 1.82) is 0 Å². The summed E-state index contributed by atoms with van der Waals surface area (Å²) in [7, 11) is -2.23. The van der Waals surface area contributed by atoms with Gasteiger partial charge in [-0.2, -0.15) is 11.8 Å². The summed E-state index contributed by atoms with van der Waals surface area (Å²) in [6.07, 6.45) is 0. The lowest BCUT2D eigenvalue weighted by atomic mass is 9.87. The van der Waals surface area contributed by atoms with Crippen LogP contribution < -0.4 is 4.31 Å². The third-order valence-corrected chi connectivity index (χ3v) is 8.47. The molecule has 1 aliphatic heterocycles. The highest BCUT2D eigenvalue weighted by atomic mass is 32.2. The van der Waals surface area contributed by atoms with Crippen molar-refractivity contribution in [3.05, 3.63) is 46.2 Å². The minimum atomic E-state index is -3.75. The maximum Gasteiger partial charge on any atom is 0.266 e. The summed E-state index contributed by atoms with van der Waals surface area (Å²) in [4.78, 5) is 15.4. The summed E-state index contributed by atoms with van der Waals surface area (Å²) >= 11 is 3.12. The first-order valence-electron chi connectivity index (χ1n) is 9.16. The first-order valence-corrected chi connectivity index (χ1v) is 12.6. The average Bonchev–Trinajstić information content (AvgIpc) is 3.16. The minimum Gasteiger partial charge on any atom is -0.336 e. The molecule has 1 aromatic heterocycles. The molecule has 1 saturated heterocycles. The van der Waals surface area contributed by atoms with Crippen molar-refractivity contribution in [2.75, 3.05) is 35.9 Å². The second-order valence-corrected chi connectivity index (χ2v) is 11.9. The van der Waals surface area contributed by atoms with Gasteiger partial charge >= 0.3 is 0 Å². The Kier molecular flexibility index (Phi) is 6.12. The van der Waals surface area contributed by atoms with Crippen LogP contribution in [0.1, 0.15) is 36.0 Å². The molecule has 0 unspecified atom stereocenters. The van der Waals surface area contributed by atoms with Crippen molar-refractivity contribution in [2.24, 2.45) is 0 Å². The van der Waals surface area contributed by atoms with Crippen LogP contribution in [-0.4, -0.2) is 50.9 Å². The van der Waals surface area contributed by atoms with Crippen molar-refractivity contribution in [3.63, 3.8) is 0 Å². The average molecular weight is 439 g/mol. The fourth-order valence-electron chi connectivity index (χ4n) is 3.04. The zero-order valence-corrected chi connectivity index (χ0v) is 19.1. The van der Waals surface area contributed by atoms with E-state index < -0.39 is 10.0 Å². The van der Waals surface area contributed by atoms with E-state index in [9.17, 15) is 13.2 Å². The van der Waals surface area contributed by atoms with E-state index in [1.54, 1.807) is 23.6 Å². The van der Waals surface area contributed by atoms with Gasteiger partial charge in [0.2, 0.25) is 0 Å². The minimum absolute atomic E-state index is 0.0477. The van der Waals surface area contributed by atoms with Crippen LogP contribution in [0, 0.1) is 0 Å². The fourth-order valence-corrected chi connectivity index (χ4v) is 6.09. The van der Waals surface area contributed by atoms with Gasteiger partial charge in [0.15, 0.2) is 0 Å². The van der Waals surface area contributed by atoms with Crippen LogP contribution in [0.15, 0.2) is 40.6 Å². The topological polar surface area (TPSA) is 57.7 Å². The Morgan fingerprint density at radius 1 is 1.07 bits per heavy atom. The largest absolute Gasteiger partial charge is 0.336 e. The zero-order valence-electron chi connectivity index (χ0n) is 16.6. The van der Waals surface area contributed by atoms with Gasteiger partial charge in [-0.3, -0.25) is 9.10 Å². The number of benzene rings is 1. The molecule has 1 fully saturated rings. The maximum absolute atomic E-state index is 13.1. The van der Waals surface area contributed by atoms with Gasteiger partial charge in [0.05, 0.1) is 10.6 Å². The Morgan fingerprint density at radius 2 is 1.68 bits per heavy atom. The number of carbonyl (C=O) groups excluding carboxylic acids is 1. The van der Waals surface area contributed by atoms with E-state index in [1.807, 2.05) is 28.8 Å². The molecule has 1 amide bonds. The van der Waals surface area contributed by atoms with E-state index in [-0.39, 0.29) is 16.2 Å². The molecule has 0 atom stereocenters. The molecule has 8 heteroatoms. The van der Waals surface area contributed by atoms with Gasteiger partial charge in [-0.15, -0.1) is 11.3 Å². The third kappa shape index (κ3) is 4.23. The number of carbonyl (C=O) groups is 1. The van der Waals surface area contributed by atoms with Crippen LogP contribution in [0.3, 0.4) is 0 Å². The van der Waals surface area contributed by atoms with Gasteiger partial charge in [0.25, 0.3) is 15.9 Å². The molecule has 0 N–H and O–H groups in total. The summed E-state index contributed by atoms with van der Waals surface area (Å²) in [5.74, 6) is 1.75. The smallest absolute Gasteiger partial charge is 0.266 e. The van der Waals surface area contributed by atoms with Gasteiger partial charge in [-0.25, -0.2) is 8.42 Å². The van der Waals surface area contributed by atoms with Crippen LogP contribution in [0.5, 0.6) is 0 Å². The molecule has 2 heterocycles. The molecule has 1 aliphatic rings. The van der Waals surface area contributed by atoms with Crippen molar-refractivity contribution in [2.45, 2.75) is 31.1 Å².